The number of nitriles is 1. The molecule has 1 N–H and O–H groups in total. The summed E-state index contributed by atoms with van der Waals surface area (Å²) in [6.07, 6.45) is 0.614. The van der Waals surface area contributed by atoms with Crippen molar-refractivity contribution in [2.75, 3.05) is 12.3 Å². The first-order chi connectivity index (χ1) is 15.6. The second kappa shape index (κ2) is 9.67. The number of thioether (sulfide) groups is 1. The smallest absolute Gasteiger partial charge is 0.231 e. The summed E-state index contributed by atoms with van der Waals surface area (Å²) in [5.74, 6) is 0.773. The van der Waals surface area contributed by atoms with Gasteiger partial charge in [-0.25, -0.2) is 0 Å². The van der Waals surface area contributed by atoms with Crippen LogP contribution < -0.4 is 5.32 Å². The minimum Gasteiger partial charge on any atom is -0.342 e. The first kappa shape index (κ1) is 21.6. The number of hydrogen-bond acceptors (Lipinski definition) is 5. The first-order valence-electron chi connectivity index (χ1n) is 10.3. The van der Waals surface area contributed by atoms with Crippen molar-refractivity contribution in [2.24, 2.45) is 0 Å². The van der Waals surface area contributed by atoms with Crippen LogP contribution in [0, 0.1) is 25.2 Å². The van der Waals surface area contributed by atoms with Crippen LogP contribution in [-0.2, 0) is 11.2 Å². The number of carbonyl (C=O) groups is 1. The minimum absolute atomic E-state index is 0.00448. The van der Waals surface area contributed by atoms with E-state index in [2.05, 4.69) is 77.9 Å². The van der Waals surface area contributed by atoms with Crippen molar-refractivity contribution in [3.63, 3.8) is 0 Å². The molecule has 4 aromatic rings. The van der Waals surface area contributed by atoms with E-state index < -0.39 is 0 Å². The molecule has 0 bridgehead atoms. The lowest BCUT2D eigenvalue weighted by atomic mass is 10.0. The zero-order valence-electron chi connectivity index (χ0n) is 18.0. The van der Waals surface area contributed by atoms with Gasteiger partial charge in [0.2, 0.25) is 5.91 Å². The minimum atomic E-state index is -0.206. The molecule has 7 heteroatoms. The first-order valence-corrected chi connectivity index (χ1v) is 11.3. The molecule has 0 unspecified atom stereocenters. The number of aryl methyl sites for hydroxylation is 2. The Labute approximate surface area is 191 Å². The molecular formula is C25H23N5OS. The van der Waals surface area contributed by atoms with Crippen LogP contribution in [0.4, 0.5) is 0 Å². The van der Waals surface area contributed by atoms with Crippen molar-refractivity contribution in [3.8, 4) is 11.8 Å². The Morgan fingerprint density at radius 1 is 1.09 bits per heavy atom. The van der Waals surface area contributed by atoms with Crippen LogP contribution >= 0.6 is 11.8 Å². The molecule has 32 heavy (non-hydrogen) atoms. The second-order valence-corrected chi connectivity index (χ2v) is 8.51. The Morgan fingerprint density at radius 2 is 1.91 bits per heavy atom. The molecule has 1 aromatic heterocycles. The molecule has 1 amide bonds. The number of amides is 1. The van der Waals surface area contributed by atoms with Crippen molar-refractivity contribution in [1.29, 1.82) is 5.26 Å². The summed E-state index contributed by atoms with van der Waals surface area (Å²) < 4.78 is 2.04. The number of carbonyl (C=O) groups excluding carboxylic acids is 1. The van der Waals surface area contributed by atoms with E-state index in [0.717, 1.165) is 17.1 Å². The van der Waals surface area contributed by atoms with Gasteiger partial charge in [0.05, 0.1) is 17.5 Å². The molecule has 3 aromatic carbocycles. The van der Waals surface area contributed by atoms with E-state index in [1.807, 2.05) is 22.8 Å². The summed E-state index contributed by atoms with van der Waals surface area (Å²) in [7, 11) is 0. The normalized spacial score (nSPS) is 10.8. The van der Waals surface area contributed by atoms with Gasteiger partial charge in [0.25, 0.3) is 0 Å². The summed E-state index contributed by atoms with van der Waals surface area (Å²) >= 11 is 1.32. The van der Waals surface area contributed by atoms with Crippen LogP contribution in [0.25, 0.3) is 16.5 Å². The molecule has 160 valence electrons. The molecule has 0 saturated heterocycles. The van der Waals surface area contributed by atoms with Crippen LogP contribution in [0.5, 0.6) is 0 Å². The topological polar surface area (TPSA) is 83.6 Å². The Balaban J connectivity index is 1.73. The fraction of sp³-hybridized carbons (Fsp3) is 0.200. The molecule has 0 aliphatic rings. The largest absolute Gasteiger partial charge is 0.342 e. The summed E-state index contributed by atoms with van der Waals surface area (Å²) in [6.45, 7) is 4.13. The van der Waals surface area contributed by atoms with Gasteiger partial charge in [-0.1, -0.05) is 71.9 Å². The SMILES string of the molecule is Cc1ccc(-n2c(Cc3cccc4ccccc34)nnc2SCC(=O)NCC#N)c(C)c1. The molecule has 1 heterocycles. The number of rotatable bonds is 7. The Kier molecular flexibility index (Phi) is 6.52. The summed E-state index contributed by atoms with van der Waals surface area (Å²) in [5, 5.41) is 23.2. The lowest BCUT2D eigenvalue weighted by Gasteiger charge is -2.14. The number of fused-ring (bicyclic) bond motifs is 1. The summed E-state index contributed by atoms with van der Waals surface area (Å²) in [6, 6.07) is 22.8. The third-order valence-corrected chi connectivity index (χ3v) is 6.15. The number of nitrogens with zero attached hydrogens (tertiary/aromatic N) is 4. The highest BCUT2D eigenvalue weighted by molar-refractivity contribution is 7.99. The Morgan fingerprint density at radius 3 is 2.72 bits per heavy atom. The van der Waals surface area contributed by atoms with Gasteiger partial charge in [0, 0.05) is 6.42 Å². The van der Waals surface area contributed by atoms with E-state index in [1.165, 1.54) is 33.7 Å². The fourth-order valence-electron chi connectivity index (χ4n) is 3.74. The molecule has 4 rings (SSSR count). The van der Waals surface area contributed by atoms with Gasteiger partial charge >= 0.3 is 0 Å². The molecule has 6 nitrogen and oxygen atoms in total. The third kappa shape index (κ3) is 4.66. The van der Waals surface area contributed by atoms with E-state index in [9.17, 15) is 4.79 Å². The summed E-state index contributed by atoms with van der Waals surface area (Å²) in [5.41, 5.74) is 4.46. The maximum Gasteiger partial charge on any atom is 0.231 e. The van der Waals surface area contributed by atoms with Crippen molar-refractivity contribution >= 4 is 28.4 Å². The fourth-order valence-corrected chi connectivity index (χ4v) is 4.54. The van der Waals surface area contributed by atoms with Gasteiger partial charge < -0.3 is 5.32 Å². The third-order valence-electron chi connectivity index (χ3n) is 5.22. The molecular weight excluding hydrogens is 418 g/mol. The monoisotopic (exact) mass is 441 g/mol. The van der Waals surface area contributed by atoms with Crippen LogP contribution in [0.2, 0.25) is 0 Å². The molecule has 0 fully saturated rings. The van der Waals surface area contributed by atoms with Crippen molar-refractivity contribution in [2.45, 2.75) is 25.4 Å². The quantitative estimate of drug-likeness (QED) is 0.340. The van der Waals surface area contributed by atoms with Gasteiger partial charge in [-0.2, -0.15) is 5.26 Å². The highest BCUT2D eigenvalue weighted by Crippen LogP contribution is 2.28. The van der Waals surface area contributed by atoms with Gasteiger partial charge in [0.15, 0.2) is 5.16 Å². The van der Waals surface area contributed by atoms with E-state index in [0.29, 0.717) is 11.6 Å². The van der Waals surface area contributed by atoms with Crippen molar-refractivity contribution in [3.05, 3.63) is 83.2 Å². The zero-order chi connectivity index (χ0) is 22.5. The van der Waals surface area contributed by atoms with Gasteiger partial charge in [-0.05, 0) is 41.8 Å². The van der Waals surface area contributed by atoms with E-state index >= 15 is 0 Å². The van der Waals surface area contributed by atoms with Crippen LogP contribution in [-0.4, -0.2) is 33.0 Å². The van der Waals surface area contributed by atoms with Crippen molar-refractivity contribution in [1.82, 2.24) is 20.1 Å². The molecule has 0 aliphatic carbocycles. The molecule has 0 aliphatic heterocycles. The Hall–Kier alpha value is -3.63. The number of nitrogens with one attached hydrogen (secondary N) is 1. The van der Waals surface area contributed by atoms with Crippen LogP contribution in [0.3, 0.4) is 0 Å². The van der Waals surface area contributed by atoms with Gasteiger partial charge in [0.1, 0.15) is 12.4 Å². The van der Waals surface area contributed by atoms with E-state index in [4.69, 9.17) is 5.26 Å². The van der Waals surface area contributed by atoms with Gasteiger partial charge in [-0.3, -0.25) is 9.36 Å². The van der Waals surface area contributed by atoms with Crippen LogP contribution in [0.15, 0.2) is 65.8 Å². The predicted molar refractivity (Wildman–Crippen MR) is 127 cm³/mol. The maximum atomic E-state index is 12.0. The Bertz CT molecular complexity index is 1320. The standard InChI is InChI=1S/C25H23N5OS/c1-17-10-11-22(18(2)14-17)30-23(28-29-25(30)32-16-24(31)27-13-12-26)15-20-8-5-7-19-6-3-4-9-21(19)20/h3-11,14H,13,15-16H2,1-2H3,(H,27,31). The second-order valence-electron chi connectivity index (χ2n) is 7.56. The highest BCUT2D eigenvalue weighted by Gasteiger charge is 2.18. The maximum absolute atomic E-state index is 12.0. The number of hydrogen-bond donors (Lipinski definition) is 1. The van der Waals surface area contributed by atoms with E-state index in [1.54, 1.807) is 0 Å². The van der Waals surface area contributed by atoms with Crippen molar-refractivity contribution < 1.29 is 4.79 Å². The average Bonchev–Trinajstić information content (AvgIpc) is 3.18. The molecule has 0 saturated carbocycles. The molecule has 0 spiro atoms. The average molecular weight is 442 g/mol. The highest BCUT2D eigenvalue weighted by atomic mass is 32.2. The summed E-state index contributed by atoms with van der Waals surface area (Å²) in [4.78, 5) is 12.0. The zero-order valence-corrected chi connectivity index (χ0v) is 18.8. The van der Waals surface area contributed by atoms with Gasteiger partial charge in [-0.15, -0.1) is 10.2 Å². The molecule has 0 atom stereocenters. The van der Waals surface area contributed by atoms with E-state index in [-0.39, 0.29) is 18.2 Å². The molecule has 0 radical (unpaired) electrons. The lowest BCUT2D eigenvalue weighted by molar-refractivity contribution is -0.118. The predicted octanol–water partition coefficient (Wildman–Crippen LogP) is 4.36. The lowest BCUT2D eigenvalue weighted by Crippen LogP contribution is -2.25. The van der Waals surface area contributed by atoms with Crippen LogP contribution in [0.1, 0.15) is 22.5 Å². The number of aromatic nitrogens is 3. The number of benzene rings is 3.